The monoisotopic (exact) mass is 602 g/mol. The molecule has 6 rings (SSSR count). The first-order valence-corrected chi connectivity index (χ1v) is 20.8. The lowest BCUT2D eigenvalue weighted by Gasteiger charge is -2.52. The highest BCUT2D eigenvalue weighted by atomic mass is 32.2. The Morgan fingerprint density at radius 3 is 2.32 bits per heavy atom. The first-order valence-electron chi connectivity index (χ1n) is 18.7. The van der Waals surface area contributed by atoms with Crippen LogP contribution in [0.4, 0.5) is 0 Å². The lowest BCUT2D eigenvalue weighted by Crippen LogP contribution is -2.49. The summed E-state index contributed by atoms with van der Waals surface area (Å²) in [5.41, 5.74) is 0.873. The second kappa shape index (κ2) is 13.6. The molecule has 10 unspecified atom stereocenters. The van der Waals surface area contributed by atoms with Crippen molar-refractivity contribution < 1.29 is 4.74 Å². The van der Waals surface area contributed by atoms with Gasteiger partial charge >= 0.3 is 0 Å². The molecule has 0 N–H and O–H groups in total. The minimum Gasteiger partial charge on any atom is -0.372 e. The quantitative estimate of drug-likeness (QED) is 0.287. The van der Waals surface area contributed by atoms with Crippen molar-refractivity contribution in [2.45, 2.75) is 173 Å². The van der Waals surface area contributed by atoms with Gasteiger partial charge in [0, 0.05) is 4.75 Å². The lowest BCUT2D eigenvalue weighted by atomic mass is 9.60. The van der Waals surface area contributed by atoms with E-state index in [4.69, 9.17) is 4.74 Å². The Bertz CT molecular complexity index is 823. The van der Waals surface area contributed by atoms with Gasteiger partial charge < -0.3 is 4.74 Å². The molecule has 41 heavy (non-hydrogen) atoms. The van der Waals surface area contributed by atoms with E-state index >= 15 is 0 Å². The zero-order chi connectivity index (χ0) is 28.5. The molecule has 0 radical (unpaired) electrons. The van der Waals surface area contributed by atoms with Gasteiger partial charge in [0.2, 0.25) is 0 Å². The summed E-state index contributed by atoms with van der Waals surface area (Å²) in [5, 5.41) is 0. The molecule has 0 bridgehead atoms. The molecule has 0 aromatic rings. The Kier molecular flexibility index (Phi) is 10.5. The van der Waals surface area contributed by atoms with Crippen molar-refractivity contribution in [2.24, 2.45) is 46.8 Å². The van der Waals surface area contributed by atoms with Crippen LogP contribution in [0.5, 0.6) is 0 Å². The van der Waals surface area contributed by atoms with Crippen molar-refractivity contribution in [3.8, 4) is 0 Å². The van der Waals surface area contributed by atoms with Gasteiger partial charge in [0.05, 0.1) is 11.7 Å². The van der Waals surface area contributed by atoms with Gasteiger partial charge in [0.25, 0.3) is 0 Å². The van der Waals surface area contributed by atoms with Crippen molar-refractivity contribution >= 4 is 23.5 Å². The molecule has 236 valence electrons. The van der Waals surface area contributed by atoms with Crippen LogP contribution in [0.1, 0.15) is 156 Å². The summed E-state index contributed by atoms with van der Waals surface area (Å²) in [6.45, 7) is 10.3. The second-order valence-electron chi connectivity index (χ2n) is 17.1. The van der Waals surface area contributed by atoms with E-state index in [-0.39, 0.29) is 5.60 Å². The van der Waals surface area contributed by atoms with Crippen molar-refractivity contribution in [3.05, 3.63) is 0 Å². The third-order valence-electron chi connectivity index (χ3n) is 13.9. The fourth-order valence-corrected chi connectivity index (χ4v) is 15.0. The van der Waals surface area contributed by atoms with Gasteiger partial charge in [-0.05, 0) is 160 Å². The summed E-state index contributed by atoms with van der Waals surface area (Å²) in [6, 6.07) is 0. The van der Waals surface area contributed by atoms with Crippen LogP contribution in [-0.2, 0) is 4.74 Å². The number of ether oxygens (including phenoxy) is 1. The highest BCUT2D eigenvalue weighted by molar-refractivity contribution is 8.00. The van der Waals surface area contributed by atoms with Gasteiger partial charge in [-0.15, -0.1) is 0 Å². The van der Waals surface area contributed by atoms with E-state index in [0.29, 0.717) is 16.3 Å². The molecule has 3 heterocycles. The van der Waals surface area contributed by atoms with Crippen LogP contribution in [0.3, 0.4) is 0 Å². The average Bonchev–Trinajstić information content (AvgIpc) is 3.41. The van der Waals surface area contributed by atoms with Gasteiger partial charge in [0.1, 0.15) is 0 Å². The van der Waals surface area contributed by atoms with Crippen LogP contribution in [0.2, 0.25) is 0 Å². The minimum atomic E-state index is 0.195. The van der Waals surface area contributed by atoms with Crippen LogP contribution in [0.15, 0.2) is 0 Å². The van der Waals surface area contributed by atoms with Crippen LogP contribution >= 0.6 is 23.5 Å². The Labute approximate surface area is 264 Å². The van der Waals surface area contributed by atoms with Gasteiger partial charge in [-0.25, -0.2) is 0 Å². The van der Waals surface area contributed by atoms with Crippen LogP contribution in [0, 0.1) is 46.8 Å². The van der Waals surface area contributed by atoms with E-state index in [1.807, 2.05) is 0 Å². The topological polar surface area (TPSA) is 9.23 Å². The standard InChI is InChI=1S/C38H66OS2/c1-28(2)33-23-31(21-29(3)32-11-9-17-38(26-32)16-7-8-19-41-38)24-37(25-33)15-10-12-34(39-37)22-30(4)35-13-5-6-14-36(35)18-20-40-27-36/h28-35H,5-27H2,1-4H3. The number of rotatable bonds is 7. The summed E-state index contributed by atoms with van der Waals surface area (Å²) >= 11 is 4.63. The summed E-state index contributed by atoms with van der Waals surface area (Å²) in [4.78, 5) is 0. The third kappa shape index (κ3) is 7.23. The smallest absolute Gasteiger partial charge is 0.0691 e. The minimum absolute atomic E-state index is 0.195. The normalized spacial score (nSPS) is 45.4. The summed E-state index contributed by atoms with van der Waals surface area (Å²) < 4.78 is 8.11. The van der Waals surface area contributed by atoms with E-state index in [2.05, 4.69) is 51.2 Å². The summed E-state index contributed by atoms with van der Waals surface area (Å²) in [7, 11) is 0. The molecule has 6 fully saturated rings. The van der Waals surface area contributed by atoms with Crippen molar-refractivity contribution in [3.63, 3.8) is 0 Å². The van der Waals surface area contributed by atoms with Gasteiger partial charge in [0.15, 0.2) is 0 Å². The molecule has 6 aliphatic rings. The zero-order valence-electron chi connectivity index (χ0n) is 27.6. The highest BCUT2D eigenvalue weighted by Crippen LogP contribution is 2.56. The summed E-state index contributed by atoms with van der Waals surface area (Å²) in [5.74, 6) is 10.5. The molecule has 0 amide bonds. The first kappa shape index (κ1) is 31.6. The van der Waals surface area contributed by atoms with E-state index in [1.165, 1.54) is 146 Å². The molecule has 3 saturated heterocycles. The van der Waals surface area contributed by atoms with Crippen LogP contribution in [0.25, 0.3) is 0 Å². The van der Waals surface area contributed by atoms with Gasteiger partial charge in [-0.3, -0.25) is 0 Å². The predicted octanol–water partition coefficient (Wildman–Crippen LogP) is 11.6. The molecule has 3 spiro atoms. The van der Waals surface area contributed by atoms with Crippen molar-refractivity contribution in [1.82, 2.24) is 0 Å². The van der Waals surface area contributed by atoms with Gasteiger partial charge in [-0.1, -0.05) is 59.8 Å². The molecule has 3 aliphatic carbocycles. The molecule has 1 nitrogen and oxygen atoms in total. The molecule has 3 saturated carbocycles. The van der Waals surface area contributed by atoms with Crippen molar-refractivity contribution in [1.29, 1.82) is 0 Å². The van der Waals surface area contributed by atoms with E-state index < -0.39 is 0 Å². The molecular formula is C38H66OS2. The largest absolute Gasteiger partial charge is 0.372 e. The van der Waals surface area contributed by atoms with E-state index in [9.17, 15) is 0 Å². The fraction of sp³-hybridized carbons (Fsp3) is 1.00. The Morgan fingerprint density at radius 2 is 1.54 bits per heavy atom. The van der Waals surface area contributed by atoms with Crippen LogP contribution in [-0.4, -0.2) is 33.7 Å². The fourth-order valence-electron chi connectivity index (χ4n) is 11.7. The third-order valence-corrected chi connectivity index (χ3v) is 16.9. The molecule has 0 aromatic carbocycles. The predicted molar refractivity (Wildman–Crippen MR) is 182 cm³/mol. The maximum Gasteiger partial charge on any atom is 0.0691 e. The first-order chi connectivity index (χ1) is 19.8. The average molecular weight is 603 g/mol. The van der Waals surface area contributed by atoms with Gasteiger partial charge in [-0.2, -0.15) is 23.5 Å². The van der Waals surface area contributed by atoms with E-state index in [1.54, 1.807) is 0 Å². The SMILES string of the molecule is CC(C)C1CC(CC(C)C2CCCC3(CCCCS3)C2)CC2(CCCC(CC(C)C3CCCCC34CCSC4)O2)C1. The molecule has 0 aromatic heterocycles. The number of hydrogen-bond acceptors (Lipinski definition) is 3. The summed E-state index contributed by atoms with van der Waals surface area (Å²) in [6.07, 6.45) is 29.6. The molecule has 3 heteroatoms. The molecule has 3 aliphatic heterocycles. The molecular weight excluding hydrogens is 537 g/mol. The Balaban J connectivity index is 1.09. The van der Waals surface area contributed by atoms with Crippen molar-refractivity contribution in [2.75, 3.05) is 17.3 Å². The maximum atomic E-state index is 7.45. The lowest BCUT2D eigenvalue weighted by molar-refractivity contribution is -0.175. The second-order valence-corrected chi connectivity index (χ2v) is 19.8. The van der Waals surface area contributed by atoms with Crippen LogP contribution < -0.4 is 0 Å². The Hall–Kier alpha value is 0.660. The highest BCUT2D eigenvalue weighted by Gasteiger charge is 2.49. The maximum absolute atomic E-state index is 7.45. The Morgan fingerprint density at radius 1 is 0.707 bits per heavy atom. The van der Waals surface area contributed by atoms with E-state index in [0.717, 1.165) is 41.4 Å². The zero-order valence-corrected chi connectivity index (χ0v) is 29.2. The number of hydrogen-bond donors (Lipinski definition) is 0. The number of thioether (sulfide) groups is 2. The molecule has 10 atom stereocenters.